The van der Waals surface area contributed by atoms with Crippen molar-refractivity contribution in [3.8, 4) is 10.4 Å². The summed E-state index contributed by atoms with van der Waals surface area (Å²) in [5, 5.41) is 10.7. The molecule has 4 heterocycles. The third kappa shape index (κ3) is 4.91. The predicted octanol–water partition coefficient (Wildman–Crippen LogP) is 2.88. The van der Waals surface area contributed by atoms with Gasteiger partial charge in [-0.25, -0.2) is 0 Å². The first-order valence-electron chi connectivity index (χ1n) is 12.2. The van der Waals surface area contributed by atoms with Crippen molar-refractivity contribution in [2.24, 2.45) is 5.92 Å². The van der Waals surface area contributed by atoms with Crippen molar-refractivity contribution in [2.45, 2.75) is 62.6 Å². The van der Waals surface area contributed by atoms with Crippen LogP contribution in [0.5, 0.6) is 0 Å². The van der Waals surface area contributed by atoms with Crippen molar-refractivity contribution in [2.75, 3.05) is 19.7 Å². The first kappa shape index (κ1) is 24.5. The van der Waals surface area contributed by atoms with Gasteiger partial charge in [-0.05, 0) is 37.5 Å². The SMILES string of the molecule is CCc1cc(-c2ccc(C(=O)NCC(=O)[C@H]3CCCCC3N3C[C@H](Cl)[C@H]4OCC(=O)[C@H]43)s2)cnn1. The molecule has 0 radical (unpaired) electrons. The summed E-state index contributed by atoms with van der Waals surface area (Å²) in [4.78, 5) is 42.1. The monoisotopic (exact) mass is 516 g/mol. The molecule has 3 aliphatic rings. The van der Waals surface area contributed by atoms with E-state index < -0.39 is 0 Å². The van der Waals surface area contributed by atoms with Gasteiger partial charge in [0.15, 0.2) is 11.6 Å². The van der Waals surface area contributed by atoms with Crippen LogP contribution in [0.2, 0.25) is 0 Å². The number of nitrogens with zero attached hydrogens (tertiary/aromatic N) is 3. The van der Waals surface area contributed by atoms with Gasteiger partial charge in [0.2, 0.25) is 0 Å². The summed E-state index contributed by atoms with van der Waals surface area (Å²) >= 11 is 7.85. The van der Waals surface area contributed by atoms with Gasteiger partial charge in [0.05, 0.1) is 40.8 Å². The van der Waals surface area contributed by atoms with E-state index in [1.165, 1.54) is 11.3 Å². The van der Waals surface area contributed by atoms with Gasteiger partial charge >= 0.3 is 0 Å². The van der Waals surface area contributed by atoms with Crippen molar-refractivity contribution in [1.82, 2.24) is 20.4 Å². The molecule has 1 aliphatic carbocycles. The smallest absolute Gasteiger partial charge is 0.261 e. The van der Waals surface area contributed by atoms with Crippen LogP contribution in [-0.4, -0.2) is 75.8 Å². The Kier molecular flexibility index (Phi) is 7.29. The lowest BCUT2D eigenvalue weighted by Gasteiger charge is -2.39. The van der Waals surface area contributed by atoms with Crippen LogP contribution in [0.3, 0.4) is 0 Å². The lowest BCUT2D eigenvalue weighted by molar-refractivity contribution is -0.128. The van der Waals surface area contributed by atoms with Crippen LogP contribution in [0.1, 0.15) is 48.0 Å². The second kappa shape index (κ2) is 10.4. The normalized spacial score (nSPS) is 28.7. The molecule has 0 aromatic carbocycles. The average Bonchev–Trinajstić information content (AvgIpc) is 3.60. The Morgan fingerprint density at radius 1 is 1.29 bits per heavy atom. The van der Waals surface area contributed by atoms with Crippen LogP contribution in [0, 0.1) is 5.92 Å². The number of amides is 1. The van der Waals surface area contributed by atoms with Gasteiger partial charge < -0.3 is 10.1 Å². The fourth-order valence-corrected chi connectivity index (χ4v) is 6.85. The molecule has 10 heteroatoms. The van der Waals surface area contributed by atoms with Gasteiger partial charge in [0.1, 0.15) is 6.61 Å². The number of nitrogens with one attached hydrogen (secondary N) is 1. The summed E-state index contributed by atoms with van der Waals surface area (Å²) in [6, 6.07) is 5.23. The molecule has 0 bridgehead atoms. The second-order valence-corrected chi connectivity index (χ2v) is 11.1. The van der Waals surface area contributed by atoms with E-state index in [9.17, 15) is 14.4 Å². The predicted molar refractivity (Wildman–Crippen MR) is 133 cm³/mol. The number of fused-ring (bicyclic) bond motifs is 1. The van der Waals surface area contributed by atoms with E-state index in [-0.39, 0.29) is 60.1 Å². The van der Waals surface area contributed by atoms with Crippen LogP contribution in [0.4, 0.5) is 0 Å². The molecular weight excluding hydrogens is 488 g/mol. The minimum atomic E-state index is -0.356. The van der Waals surface area contributed by atoms with E-state index in [0.717, 1.165) is 48.2 Å². The molecule has 35 heavy (non-hydrogen) atoms. The largest absolute Gasteiger partial charge is 0.367 e. The Morgan fingerprint density at radius 3 is 2.94 bits per heavy atom. The van der Waals surface area contributed by atoms with Gasteiger partial charge in [0, 0.05) is 28.9 Å². The van der Waals surface area contributed by atoms with Crippen LogP contribution >= 0.6 is 22.9 Å². The number of thiophene rings is 1. The lowest BCUT2D eigenvalue weighted by Crippen LogP contribution is -2.52. The number of likely N-dealkylation sites (tertiary alicyclic amines) is 1. The average molecular weight is 517 g/mol. The first-order chi connectivity index (χ1) is 17.0. The van der Waals surface area contributed by atoms with E-state index in [1.54, 1.807) is 12.3 Å². The molecule has 0 spiro atoms. The van der Waals surface area contributed by atoms with Gasteiger partial charge in [-0.15, -0.1) is 22.9 Å². The van der Waals surface area contributed by atoms with E-state index >= 15 is 0 Å². The van der Waals surface area contributed by atoms with Crippen LogP contribution in [-0.2, 0) is 20.7 Å². The molecule has 2 aliphatic heterocycles. The molecule has 1 saturated carbocycles. The first-order valence-corrected chi connectivity index (χ1v) is 13.5. The number of rotatable bonds is 7. The number of halogens is 1. The van der Waals surface area contributed by atoms with Gasteiger partial charge in [-0.1, -0.05) is 19.8 Å². The Hall–Kier alpha value is -2.20. The Balaban J connectivity index is 1.23. The van der Waals surface area contributed by atoms with Crippen molar-refractivity contribution in [1.29, 1.82) is 0 Å². The molecule has 1 amide bonds. The standard InChI is InChI=1S/C25H29ClN4O4S/c1-2-15-9-14(10-28-29-15)21-7-8-22(35-21)25(33)27-11-19(31)16-5-3-4-6-18(16)30-12-17(26)24-23(30)20(32)13-34-24/h7-10,16-18,23-24H,2-6,11-13H2,1H3,(H,27,33)/t16-,17-,18?,23+,24+/m0/s1. The summed E-state index contributed by atoms with van der Waals surface area (Å²) in [6.07, 6.45) is 5.76. The van der Waals surface area contributed by atoms with E-state index in [2.05, 4.69) is 20.4 Å². The fourth-order valence-electron chi connectivity index (χ4n) is 5.58. The number of hydrogen-bond donors (Lipinski definition) is 1. The van der Waals surface area contributed by atoms with Crippen LogP contribution in [0.25, 0.3) is 10.4 Å². The number of Topliss-reactive ketones (excluding diaryl/α,β-unsaturated/α-hetero) is 2. The zero-order valence-corrected chi connectivity index (χ0v) is 21.2. The molecule has 2 saturated heterocycles. The zero-order valence-electron chi connectivity index (χ0n) is 19.6. The summed E-state index contributed by atoms with van der Waals surface area (Å²) in [7, 11) is 0. The highest BCUT2D eigenvalue weighted by Crippen LogP contribution is 2.38. The minimum absolute atomic E-state index is 0.00619. The lowest BCUT2D eigenvalue weighted by atomic mass is 9.80. The topological polar surface area (TPSA) is 101 Å². The zero-order chi connectivity index (χ0) is 24.5. The van der Waals surface area contributed by atoms with Crippen molar-refractivity contribution in [3.05, 3.63) is 35.0 Å². The summed E-state index contributed by atoms with van der Waals surface area (Å²) in [5.41, 5.74) is 1.82. The molecule has 1 unspecified atom stereocenters. The number of aromatic nitrogens is 2. The van der Waals surface area contributed by atoms with Gasteiger partial charge in [0.25, 0.3) is 5.91 Å². The molecule has 3 fully saturated rings. The highest BCUT2D eigenvalue weighted by atomic mass is 35.5. The van der Waals surface area contributed by atoms with E-state index in [0.29, 0.717) is 11.4 Å². The second-order valence-electron chi connectivity index (χ2n) is 9.46. The highest BCUT2D eigenvalue weighted by Gasteiger charge is 2.53. The summed E-state index contributed by atoms with van der Waals surface area (Å²) in [5.74, 6) is -0.436. The molecule has 186 valence electrons. The molecule has 2 aromatic heterocycles. The maximum absolute atomic E-state index is 13.3. The van der Waals surface area contributed by atoms with Crippen molar-refractivity contribution < 1.29 is 19.1 Å². The minimum Gasteiger partial charge on any atom is -0.367 e. The Labute approximate surface area is 213 Å². The molecule has 2 aromatic rings. The maximum Gasteiger partial charge on any atom is 0.261 e. The summed E-state index contributed by atoms with van der Waals surface area (Å²) in [6.45, 7) is 2.63. The molecule has 1 N–H and O–H groups in total. The summed E-state index contributed by atoms with van der Waals surface area (Å²) < 4.78 is 5.62. The van der Waals surface area contributed by atoms with Crippen LogP contribution < -0.4 is 5.32 Å². The third-order valence-corrected chi connectivity index (χ3v) is 8.85. The molecule has 5 rings (SSSR count). The Bertz CT molecular complexity index is 1120. The van der Waals surface area contributed by atoms with E-state index in [1.807, 2.05) is 19.1 Å². The molecule has 5 atom stereocenters. The van der Waals surface area contributed by atoms with Crippen LogP contribution in [0.15, 0.2) is 24.4 Å². The number of ketones is 2. The molecular formula is C25H29ClN4O4S. The number of carbonyl (C=O) groups excluding carboxylic acids is 3. The molecule has 8 nitrogen and oxygen atoms in total. The highest BCUT2D eigenvalue weighted by molar-refractivity contribution is 7.17. The number of carbonyl (C=O) groups is 3. The number of hydrogen-bond acceptors (Lipinski definition) is 8. The van der Waals surface area contributed by atoms with Crippen molar-refractivity contribution in [3.63, 3.8) is 0 Å². The van der Waals surface area contributed by atoms with Gasteiger partial charge in [-0.3, -0.25) is 19.3 Å². The number of aryl methyl sites for hydroxylation is 1. The quantitative estimate of drug-likeness (QED) is 0.564. The maximum atomic E-state index is 13.3. The van der Waals surface area contributed by atoms with Gasteiger partial charge in [-0.2, -0.15) is 10.2 Å². The number of alkyl halides is 1. The van der Waals surface area contributed by atoms with Crippen molar-refractivity contribution >= 4 is 40.4 Å². The third-order valence-electron chi connectivity index (χ3n) is 7.33. The Morgan fingerprint density at radius 2 is 2.11 bits per heavy atom. The fraction of sp³-hybridized carbons (Fsp3) is 0.560. The number of ether oxygens (including phenoxy) is 1. The van der Waals surface area contributed by atoms with E-state index in [4.69, 9.17) is 16.3 Å².